The molecule has 0 radical (unpaired) electrons. The molecule has 0 saturated heterocycles. The topological polar surface area (TPSA) is 35.6 Å². The Morgan fingerprint density at radius 3 is 2.57 bits per heavy atom. The van der Waals surface area contributed by atoms with Gasteiger partial charge in [0.2, 0.25) is 0 Å². The van der Waals surface area contributed by atoms with Gasteiger partial charge in [0.25, 0.3) is 0 Å². The molecule has 0 fully saturated rings. The van der Waals surface area contributed by atoms with Crippen LogP contribution in [0, 0.1) is 0 Å². The van der Waals surface area contributed by atoms with Crippen molar-refractivity contribution in [3.8, 4) is 5.69 Å². The van der Waals surface area contributed by atoms with Gasteiger partial charge in [-0.2, -0.15) is 0 Å². The van der Waals surface area contributed by atoms with Gasteiger partial charge >= 0.3 is 0 Å². The summed E-state index contributed by atoms with van der Waals surface area (Å²) in [7, 11) is 2.02. The molecule has 4 aromatic rings. The molecule has 0 N–H and O–H groups in total. The van der Waals surface area contributed by atoms with Crippen molar-refractivity contribution >= 4 is 22.8 Å². The van der Waals surface area contributed by atoms with Gasteiger partial charge in [-0.25, -0.2) is 9.97 Å². The van der Waals surface area contributed by atoms with Crippen LogP contribution in [0.25, 0.3) is 16.7 Å². The molecule has 0 bridgehead atoms. The molecule has 0 aliphatic carbocycles. The average Bonchev–Trinajstić information content (AvgIpc) is 3.16. The summed E-state index contributed by atoms with van der Waals surface area (Å²) in [6.07, 6.45) is 3.80. The van der Waals surface area contributed by atoms with E-state index < -0.39 is 0 Å². The van der Waals surface area contributed by atoms with Crippen molar-refractivity contribution in [2.75, 3.05) is 0 Å². The number of aromatic nitrogens is 4. The van der Waals surface area contributed by atoms with E-state index in [1.54, 1.807) is 11.8 Å². The van der Waals surface area contributed by atoms with E-state index in [1.807, 2.05) is 36.1 Å². The molecule has 0 spiro atoms. The third kappa shape index (κ3) is 2.64. The van der Waals surface area contributed by atoms with Crippen LogP contribution in [0.4, 0.5) is 0 Å². The van der Waals surface area contributed by atoms with Crippen LogP contribution in [0.3, 0.4) is 0 Å². The fourth-order valence-electron chi connectivity index (χ4n) is 2.59. The van der Waals surface area contributed by atoms with E-state index in [2.05, 4.69) is 52.0 Å². The van der Waals surface area contributed by atoms with Crippen LogP contribution in [-0.2, 0) is 12.8 Å². The van der Waals surface area contributed by atoms with Crippen molar-refractivity contribution in [2.45, 2.75) is 10.9 Å². The summed E-state index contributed by atoms with van der Waals surface area (Å²) in [4.78, 5) is 9.20. The Kier molecular flexibility index (Phi) is 3.63. The zero-order chi connectivity index (χ0) is 15.6. The first-order chi connectivity index (χ1) is 11.3. The summed E-state index contributed by atoms with van der Waals surface area (Å²) in [5, 5.41) is 0.986. The molecule has 23 heavy (non-hydrogen) atoms. The molecule has 5 heteroatoms. The van der Waals surface area contributed by atoms with Crippen LogP contribution in [0.15, 0.2) is 72.1 Å². The van der Waals surface area contributed by atoms with E-state index in [1.165, 1.54) is 0 Å². The molecule has 0 aliphatic rings. The van der Waals surface area contributed by atoms with Gasteiger partial charge in [0.15, 0.2) is 5.16 Å². The number of thioether (sulfide) groups is 1. The number of imidazole rings is 2. The second kappa shape index (κ2) is 5.93. The van der Waals surface area contributed by atoms with Gasteiger partial charge in [0.05, 0.1) is 16.8 Å². The van der Waals surface area contributed by atoms with Crippen molar-refractivity contribution in [2.24, 2.45) is 7.05 Å². The summed E-state index contributed by atoms with van der Waals surface area (Å²) < 4.78 is 4.26. The van der Waals surface area contributed by atoms with Gasteiger partial charge in [0, 0.05) is 25.1 Å². The normalized spacial score (nSPS) is 11.2. The first-order valence-corrected chi connectivity index (χ1v) is 8.43. The van der Waals surface area contributed by atoms with Crippen molar-refractivity contribution < 1.29 is 0 Å². The fourth-order valence-corrected chi connectivity index (χ4v) is 3.62. The van der Waals surface area contributed by atoms with E-state index >= 15 is 0 Å². The third-order valence-electron chi connectivity index (χ3n) is 3.80. The average molecular weight is 320 g/mol. The molecular weight excluding hydrogens is 304 g/mol. The molecule has 0 atom stereocenters. The van der Waals surface area contributed by atoms with E-state index in [9.17, 15) is 0 Å². The Hall–Kier alpha value is -2.53. The van der Waals surface area contributed by atoms with Gasteiger partial charge in [-0.1, -0.05) is 42.1 Å². The molecule has 0 aliphatic heterocycles. The minimum absolute atomic E-state index is 0.791. The molecule has 4 nitrogen and oxygen atoms in total. The van der Waals surface area contributed by atoms with Crippen LogP contribution >= 0.6 is 11.8 Å². The lowest BCUT2D eigenvalue weighted by molar-refractivity contribution is 0.845. The number of aryl methyl sites for hydroxylation is 1. The van der Waals surface area contributed by atoms with Gasteiger partial charge in [-0.3, -0.25) is 4.57 Å². The zero-order valence-corrected chi connectivity index (χ0v) is 13.6. The SMILES string of the molecule is Cn1ccnc1CSc1nc2ccccc2n1-c1ccccc1. The Morgan fingerprint density at radius 2 is 1.78 bits per heavy atom. The maximum Gasteiger partial charge on any atom is 0.174 e. The Labute approximate surface area is 138 Å². The number of fused-ring (bicyclic) bond motifs is 1. The second-order valence-electron chi connectivity index (χ2n) is 5.30. The Morgan fingerprint density at radius 1 is 1.00 bits per heavy atom. The summed E-state index contributed by atoms with van der Waals surface area (Å²) in [6.45, 7) is 0. The minimum atomic E-state index is 0.791. The maximum absolute atomic E-state index is 4.81. The van der Waals surface area contributed by atoms with Crippen LogP contribution in [-0.4, -0.2) is 19.1 Å². The monoisotopic (exact) mass is 320 g/mol. The van der Waals surface area contributed by atoms with Gasteiger partial charge in [-0.05, 0) is 24.3 Å². The fraction of sp³-hybridized carbons (Fsp3) is 0.111. The smallest absolute Gasteiger partial charge is 0.174 e. The largest absolute Gasteiger partial charge is 0.337 e. The summed E-state index contributed by atoms with van der Waals surface area (Å²) in [5.74, 6) is 1.83. The number of hydrogen-bond acceptors (Lipinski definition) is 3. The number of hydrogen-bond donors (Lipinski definition) is 0. The van der Waals surface area contributed by atoms with Crippen molar-refractivity contribution in [1.29, 1.82) is 0 Å². The molecule has 2 heterocycles. The Balaban J connectivity index is 1.78. The molecule has 2 aromatic carbocycles. The van der Waals surface area contributed by atoms with Crippen LogP contribution in [0.5, 0.6) is 0 Å². The lowest BCUT2D eigenvalue weighted by Crippen LogP contribution is -1.98. The van der Waals surface area contributed by atoms with Crippen LogP contribution in [0.2, 0.25) is 0 Å². The molecule has 0 amide bonds. The van der Waals surface area contributed by atoms with Crippen molar-refractivity contribution in [3.63, 3.8) is 0 Å². The minimum Gasteiger partial charge on any atom is -0.337 e. The summed E-state index contributed by atoms with van der Waals surface area (Å²) >= 11 is 1.71. The lowest BCUT2D eigenvalue weighted by Gasteiger charge is -2.08. The molecular formula is C18H16N4S. The maximum atomic E-state index is 4.81. The van der Waals surface area contributed by atoms with E-state index in [4.69, 9.17) is 4.98 Å². The van der Waals surface area contributed by atoms with Crippen molar-refractivity contribution in [1.82, 2.24) is 19.1 Å². The van der Waals surface area contributed by atoms with Crippen molar-refractivity contribution in [3.05, 3.63) is 72.8 Å². The summed E-state index contributed by atoms with van der Waals surface area (Å²) in [6, 6.07) is 18.6. The predicted molar refractivity (Wildman–Crippen MR) is 93.8 cm³/mol. The first-order valence-electron chi connectivity index (χ1n) is 7.45. The molecule has 0 saturated carbocycles. The van der Waals surface area contributed by atoms with Gasteiger partial charge < -0.3 is 4.57 Å². The highest BCUT2D eigenvalue weighted by molar-refractivity contribution is 7.98. The number of para-hydroxylation sites is 3. The molecule has 4 rings (SSSR count). The predicted octanol–water partition coefficient (Wildman–Crippen LogP) is 4.05. The van der Waals surface area contributed by atoms with Gasteiger partial charge in [-0.15, -0.1) is 0 Å². The standard InChI is InChI=1S/C18H16N4S/c1-21-12-11-19-17(21)13-23-18-20-15-9-5-6-10-16(15)22(18)14-7-3-2-4-8-14/h2-12H,13H2,1H3. The highest BCUT2D eigenvalue weighted by Gasteiger charge is 2.13. The van der Waals surface area contributed by atoms with E-state index in [-0.39, 0.29) is 0 Å². The number of rotatable bonds is 4. The first kappa shape index (κ1) is 14.1. The second-order valence-corrected chi connectivity index (χ2v) is 6.24. The number of nitrogens with zero attached hydrogens (tertiary/aromatic N) is 4. The highest BCUT2D eigenvalue weighted by Crippen LogP contribution is 2.29. The summed E-state index contributed by atoms with van der Waals surface area (Å²) in [5.41, 5.74) is 3.27. The zero-order valence-electron chi connectivity index (χ0n) is 12.8. The number of benzene rings is 2. The molecule has 0 unspecified atom stereocenters. The quantitative estimate of drug-likeness (QED) is 0.532. The highest BCUT2D eigenvalue weighted by atomic mass is 32.2. The van der Waals surface area contributed by atoms with Gasteiger partial charge in [0.1, 0.15) is 5.82 Å². The Bertz CT molecular complexity index is 940. The lowest BCUT2D eigenvalue weighted by atomic mass is 10.3. The van der Waals surface area contributed by atoms with E-state index in [0.29, 0.717) is 0 Å². The molecule has 114 valence electrons. The van der Waals surface area contributed by atoms with E-state index in [0.717, 1.165) is 33.5 Å². The third-order valence-corrected chi connectivity index (χ3v) is 4.73. The van der Waals surface area contributed by atoms with Crippen LogP contribution in [0.1, 0.15) is 5.82 Å². The molecule has 2 aromatic heterocycles. The van der Waals surface area contributed by atoms with Crippen LogP contribution < -0.4 is 0 Å².